The summed E-state index contributed by atoms with van der Waals surface area (Å²) >= 11 is 0. The molecule has 1 amide bonds. The van der Waals surface area contributed by atoms with Crippen molar-refractivity contribution in [1.29, 1.82) is 0 Å². The first-order valence-corrected chi connectivity index (χ1v) is 11.2. The van der Waals surface area contributed by atoms with E-state index in [9.17, 15) is 4.79 Å². The average molecular weight is 426 g/mol. The molecule has 0 unspecified atom stereocenters. The number of piperazine rings is 1. The van der Waals surface area contributed by atoms with Crippen molar-refractivity contribution in [3.8, 4) is 11.8 Å². The van der Waals surface area contributed by atoms with Crippen LogP contribution in [-0.2, 0) is 11.3 Å². The molecule has 31 heavy (non-hydrogen) atoms. The molecule has 0 bridgehead atoms. The van der Waals surface area contributed by atoms with Crippen LogP contribution in [0.4, 0.5) is 10.7 Å². The third-order valence-electron chi connectivity index (χ3n) is 6.03. The number of hydrogen-bond donors (Lipinski definition) is 1. The van der Waals surface area contributed by atoms with Crippen molar-refractivity contribution in [2.45, 2.75) is 39.2 Å². The Morgan fingerprint density at radius 3 is 2.74 bits per heavy atom. The van der Waals surface area contributed by atoms with Crippen LogP contribution in [0.2, 0.25) is 0 Å². The molecule has 2 aliphatic rings. The van der Waals surface area contributed by atoms with Crippen molar-refractivity contribution in [2.24, 2.45) is 5.92 Å². The zero-order valence-electron chi connectivity index (χ0n) is 18.4. The highest BCUT2D eigenvalue weighted by atomic mass is 16.6. The second kappa shape index (κ2) is 9.96. The molecular weight excluding hydrogens is 394 g/mol. The van der Waals surface area contributed by atoms with E-state index in [2.05, 4.69) is 32.0 Å². The molecule has 0 atom stereocenters. The van der Waals surface area contributed by atoms with Gasteiger partial charge in [-0.1, -0.05) is 18.8 Å². The van der Waals surface area contributed by atoms with Crippen LogP contribution in [0.25, 0.3) is 11.0 Å². The lowest BCUT2D eigenvalue weighted by molar-refractivity contribution is 0.0829. The Hall–Kier alpha value is -2.86. The maximum Gasteiger partial charge on any atom is 0.409 e. The van der Waals surface area contributed by atoms with Crippen LogP contribution in [0.3, 0.4) is 0 Å². The van der Waals surface area contributed by atoms with Gasteiger partial charge in [-0.15, -0.1) is 0 Å². The maximum atomic E-state index is 11.8. The summed E-state index contributed by atoms with van der Waals surface area (Å²) in [5.74, 6) is 7.76. The molecule has 9 heteroatoms. The van der Waals surface area contributed by atoms with Gasteiger partial charge in [-0.05, 0) is 31.6 Å². The highest BCUT2D eigenvalue weighted by Gasteiger charge is 2.22. The second-order valence-corrected chi connectivity index (χ2v) is 8.13. The molecule has 0 aromatic carbocycles. The van der Waals surface area contributed by atoms with Gasteiger partial charge in [0.25, 0.3) is 0 Å². The molecule has 3 heterocycles. The lowest BCUT2D eigenvalue weighted by Crippen LogP contribution is -2.48. The normalized spacial score (nSPS) is 17.5. The SMILES string of the molecule is CCOC(=O)N1CCN(CC#Cc2nn(CC3CCCC3)c3nc(NC)ncc23)CC1. The van der Waals surface area contributed by atoms with Gasteiger partial charge in [-0.3, -0.25) is 4.90 Å². The summed E-state index contributed by atoms with van der Waals surface area (Å²) in [6.45, 7) is 6.67. The van der Waals surface area contributed by atoms with E-state index in [0.717, 1.165) is 36.4 Å². The Bertz CT molecular complexity index is 963. The molecule has 9 nitrogen and oxygen atoms in total. The maximum absolute atomic E-state index is 11.8. The number of hydrogen-bond acceptors (Lipinski definition) is 7. The summed E-state index contributed by atoms with van der Waals surface area (Å²) in [5, 5.41) is 8.70. The van der Waals surface area contributed by atoms with E-state index in [4.69, 9.17) is 9.84 Å². The van der Waals surface area contributed by atoms with E-state index in [0.29, 0.717) is 38.1 Å². The summed E-state index contributed by atoms with van der Waals surface area (Å²) in [4.78, 5) is 24.8. The number of aromatic nitrogens is 4. The lowest BCUT2D eigenvalue weighted by Gasteiger charge is -2.32. The van der Waals surface area contributed by atoms with Crippen LogP contribution in [0, 0.1) is 17.8 Å². The van der Waals surface area contributed by atoms with E-state index in [1.165, 1.54) is 25.7 Å². The minimum Gasteiger partial charge on any atom is -0.450 e. The standard InChI is InChI=1S/C22H31N7O2/c1-3-31-22(30)28-13-11-27(12-14-28)10-6-9-19-18-15-24-21(23-2)25-20(18)29(26-19)16-17-7-4-5-8-17/h15,17H,3-5,7-8,10-14,16H2,1-2H3,(H,23,24,25). The molecule has 1 aliphatic carbocycles. The number of carbonyl (C=O) groups excluding carboxylic acids is 1. The number of nitrogens with one attached hydrogen (secondary N) is 1. The number of rotatable bonds is 5. The largest absolute Gasteiger partial charge is 0.450 e. The first kappa shape index (κ1) is 21.4. The number of amides is 1. The number of fused-ring (bicyclic) bond motifs is 1. The molecule has 2 aromatic rings. The van der Waals surface area contributed by atoms with E-state index >= 15 is 0 Å². The minimum absolute atomic E-state index is 0.228. The number of ether oxygens (including phenoxy) is 1. The summed E-state index contributed by atoms with van der Waals surface area (Å²) in [6.07, 6.45) is 6.70. The van der Waals surface area contributed by atoms with Crippen LogP contribution in [0.1, 0.15) is 38.3 Å². The summed E-state index contributed by atoms with van der Waals surface area (Å²) in [7, 11) is 1.82. The van der Waals surface area contributed by atoms with Crippen LogP contribution in [-0.4, -0.2) is 82.0 Å². The Morgan fingerprint density at radius 2 is 2.03 bits per heavy atom. The van der Waals surface area contributed by atoms with Crippen molar-refractivity contribution >= 4 is 23.1 Å². The Labute approximate surface area is 183 Å². The predicted octanol–water partition coefficient (Wildman–Crippen LogP) is 2.18. The summed E-state index contributed by atoms with van der Waals surface area (Å²) in [5.41, 5.74) is 1.58. The van der Waals surface area contributed by atoms with Gasteiger partial charge in [0.1, 0.15) is 5.69 Å². The predicted molar refractivity (Wildman–Crippen MR) is 119 cm³/mol. The zero-order valence-corrected chi connectivity index (χ0v) is 18.4. The van der Waals surface area contributed by atoms with Crippen molar-refractivity contribution < 1.29 is 9.53 Å². The number of nitrogens with zero attached hydrogens (tertiary/aromatic N) is 6. The Balaban J connectivity index is 1.44. The van der Waals surface area contributed by atoms with Crippen LogP contribution in [0.15, 0.2) is 6.20 Å². The zero-order chi connectivity index (χ0) is 21.6. The van der Waals surface area contributed by atoms with E-state index < -0.39 is 0 Å². The van der Waals surface area contributed by atoms with E-state index in [1.54, 1.807) is 4.90 Å². The first-order chi connectivity index (χ1) is 15.2. The smallest absolute Gasteiger partial charge is 0.409 e. The summed E-state index contributed by atoms with van der Waals surface area (Å²) in [6, 6.07) is 0. The van der Waals surface area contributed by atoms with Crippen LogP contribution in [0.5, 0.6) is 0 Å². The molecule has 2 aromatic heterocycles. The van der Waals surface area contributed by atoms with Gasteiger partial charge in [0.05, 0.1) is 18.5 Å². The molecule has 2 fully saturated rings. The van der Waals surface area contributed by atoms with Gasteiger partial charge in [0, 0.05) is 46.0 Å². The van der Waals surface area contributed by atoms with Gasteiger partial charge < -0.3 is 15.0 Å². The molecular formula is C22H31N7O2. The van der Waals surface area contributed by atoms with Crippen molar-refractivity contribution in [1.82, 2.24) is 29.5 Å². The monoisotopic (exact) mass is 425 g/mol. The van der Waals surface area contributed by atoms with Gasteiger partial charge in [0.15, 0.2) is 5.65 Å². The third kappa shape index (κ3) is 5.07. The molecule has 1 saturated heterocycles. The fourth-order valence-electron chi connectivity index (χ4n) is 4.27. The topological polar surface area (TPSA) is 88.4 Å². The van der Waals surface area contributed by atoms with Gasteiger partial charge in [-0.25, -0.2) is 14.5 Å². The number of anilines is 1. The fourth-order valence-corrected chi connectivity index (χ4v) is 4.27. The van der Waals surface area contributed by atoms with Crippen molar-refractivity contribution in [2.75, 3.05) is 51.7 Å². The first-order valence-electron chi connectivity index (χ1n) is 11.2. The molecule has 4 rings (SSSR count). The molecule has 0 radical (unpaired) electrons. The van der Waals surface area contributed by atoms with Crippen LogP contribution < -0.4 is 5.32 Å². The molecule has 166 valence electrons. The Kier molecular flexibility index (Phi) is 6.87. The molecule has 1 saturated carbocycles. The quantitative estimate of drug-likeness (QED) is 0.735. The van der Waals surface area contributed by atoms with Gasteiger partial charge in [0.2, 0.25) is 5.95 Å². The van der Waals surface area contributed by atoms with Gasteiger partial charge in [-0.2, -0.15) is 10.1 Å². The van der Waals surface area contributed by atoms with E-state index in [1.807, 2.05) is 24.9 Å². The van der Waals surface area contributed by atoms with Gasteiger partial charge >= 0.3 is 6.09 Å². The number of carbonyl (C=O) groups is 1. The highest BCUT2D eigenvalue weighted by molar-refractivity contribution is 5.81. The molecule has 1 N–H and O–H groups in total. The second-order valence-electron chi connectivity index (χ2n) is 8.13. The van der Waals surface area contributed by atoms with Crippen molar-refractivity contribution in [3.05, 3.63) is 11.9 Å². The minimum atomic E-state index is -0.228. The fraction of sp³-hybridized carbons (Fsp3) is 0.636. The van der Waals surface area contributed by atoms with E-state index in [-0.39, 0.29) is 6.09 Å². The molecule has 1 aliphatic heterocycles. The Morgan fingerprint density at radius 1 is 1.26 bits per heavy atom. The van der Waals surface area contributed by atoms with Crippen molar-refractivity contribution in [3.63, 3.8) is 0 Å². The van der Waals surface area contributed by atoms with Crippen LogP contribution >= 0.6 is 0 Å². The third-order valence-corrected chi connectivity index (χ3v) is 6.03. The molecule has 0 spiro atoms. The highest BCUT2D eigenvalue weighted by Crippen LogP contribution is 2.27. The summed E-state index contributed by atoms with van der Waals surface area (Å²) < 4.78 is 7.09. The lowest BCUT2D eigenvalue weighted by atomic mass is 10.1. The average Bonchev–Trinajstić information content (AvgIpc) is 3.42.